The molecule has 1 atom stereocenters. The Bertz CT molecular complexity index is 1570. The Labute approximate surface area is 223 Å². The first-order valence-corrected chi connectivity index (χ1v) is 12.3. The summed E-state index contributed by atoms with van der Waals surface area (Å²) in [5, 5.41) is 2.81. The van der Waals surface area contributed by atoms with Crippen LogP contribution >= 0.6 is 0 Å². The Morgan fingerprint density at radius 1 is 1.08 bits per heavy atom. The van der Waals surface area contributed by atoms with Gasteiger partial charge in [-0.05, 0) is 56.7 Å². The van der Waals surface area contributed by atoms with E-state index >= 15 is 0 Å². The van der Waals surface area contributed by atoms with Gasteiger partial charge in [0.1, 0.15) is 5.82 Å². The molecule has 0 aliphatic rings. The molecule has 1 N–H and O–H groups in total. The van der Waals surface area contributed by atoms with E-state index in [-0.39, 0.29) is 30.2 Å². The number of aryl methyl sites for hydroxylation is 2. The first kappa shape index (κ1) is 27.8. The normalized spacial score (nSPS) is 12.4. The number of ether oxygens (including phenoxy) is 1. The van der Waals surface area contributed by atoms with Crippen molar-refractivity contribution in [2.24, 2.45) is 0 Å². The van der Waals surface area contributed by atoms with Crippen LogP contribution in [-0.2, 0) is 10.9 Å². The number of benzene rings is 3. The van der Waals surface area contributed by atoms with Crippen molar-refractivity contribution >= 4 is 22.6 Å². The Morgan fingerprint density at radius 2 is 1.77 bits per heavy atom. The van der Waals surface area contributed by atoms with E-state index in [1.54, 1.807) is 31.2 Å². The van der Waals surface area contributed by atoms with Crippen molar-refractivity contribution in [1.29, 1.82) is 0 Å². The van der Waals surface area contributed by atoms with Crippen LogP contribution < -0.4 is 10.9 Å². The van der Waals surface area contributed by atoms with Gasteiger partial charge in [-0.1, -0.05) is 42.0 Å². The van der Waals surface area contributed by atoms with Crippen molar-refractivity contribution in [3.63, 3.8) is 0 Å². The van der Waals surface area contributed by atoms with Crippen molar-refractivity contribution in [2.75, 3.05) is 25.6 Å². The molecule has 7 nitrogen and oxygen atoms in total. The van der Waals surface area contributed by atoms with E-state index < -0.39 is 23.8 Å². The number of para-hydroxylation sites is 2. The van der Waals surface area contributed by atoms with E-state index in [2.05, 4.69) is 5.32 Å². The number of halogens is 3. The summed E-state index contributed by atoms with van der Waals surface area (Å²) in [6.45, 7) is 5.65. The first-order valence-electron chi connectivity index (χ1n) is 12.3. The van der Waals surface area contributed by atoms with Gasteiger partial charge >= 0.3 is 12.2 Å². The Kier molecular flexibility index (Phi) is 8.06. The summed E-state index contributed by atoms with van der Waals surface area (Å²) in [7, 11) is 1.46. The summed E-state index contributed by atoms with van der Waals surface area (Å²) in [5.74, 6) is 0.265. The SMILES string of the molecule is COCCN(C(=O)Nc1ccccc1C(F)(F)F)C(C)c1nc2ccccc2c(=O)n1-c1ccc(C)cc1C. The van der Waals surface area contributed by atoms with Crippen LogP contribution in [0.15, 0.2) is 71.5 Å². The number of carbonyl (C=O) groups excluding carboxylic acids is 1. The van der Waals surface area contributed by atoms with E-state index in [1.807, 2.05) is 32.0 Å². The molecule has 3 aromatic carbocycles. The monoisotopic (exact) mass is 538 g/mol. The van der Waals surface area contributed by atoms with Crippen molar-refractivity contribution in [3.8, 4) is 5.69 Å². The molecule has 0 aliphatic carbocycles. The maximum absolute atomic E-state index is 13.8. The lowest BCUT2D eigenvalue weighted by molar-refractivity contribution is -0.136. The van der Waals surface area contributed by atoms with E-state index in [4.69, 9.17) is 9.72 Å². The van der Waals surface area contributed by atoms with Crippen LogP contribution in [0.25, 0.3) is 16.6 Å². The molecule has 204 valence electrons. The van der Waals surface area contributed by atoms with Crippen molar-refractivity contribution < 1.29 is 22.7 Å². The average Bonchev–Trinajstić information content (AvgIpc) is 2.89. The van der Waals surface area contributed by atoms with Gasteiger partial charge in [0.05, 0.1) is 40.5 Å². The quantitative estimate of drug-likeness (QED) is 0.301. The number of aromatic nitrogens is 2. The summed E-state index contributed by atoms with van der Waals surface area (Å²) in [4.78, 5) is 33.4. The number of hydrogen-bond donors (Lipinski definition) is 1. The smallest absolute Gasteiger partial charge is 0.383 e. The highest BCUT2D eigenvalue weighted by Gasteiger charge is 2.35. The number of hydrogen-bond acceptors (Lipinski definition) is 4. The second kappa shape index (κ2) is 11.3. The van der Waals surface area contributed by atoms with Gasteiger partial charge in [0, 0.05) is 13.7 Å². The predicted molar refractivity (Wildman–Crippen MR) is 144 cm³/mol. The molecule has 1 unspecified atom stereocenters. The molecule has 0 saturated carbocycles. The molecule has 1 heterocycles. The van der Waals surface area contributed by atoms with E-state index in [1.165, 1.54) is 34.8 Å². The Balaban J connectivity index is 1.85. The largest absolute Gasteiger partial charge is 0.418 e. The Hall–Kier alpha value is -4.18. The molecule has 0 radical (unpaired) electrons. The molecule has 10 heteroatoms. The zero-order valence-corrected chi connectivity index (χ0v) is 22.0. The fraction of sp³-hybridized carbons (Fsp3) is 0.276. The van der Waals surface area contributed by atoms with Crippen LogP contribution in [0.3, 0.4) is 0 Å². The minimum absolute atomic E-state index is 0.0350. The predicted octanol–water partition coefficient (Wildman–Crippen LogP) is 6.26. The number of methoxy groups -OCH3 is 1. The van der Waals surface area contributed by atoms with Gasteiger partial charge < -0.3 is 15.0 Å². The van der Waals surface area contributed by atoms with Gasteiger partial charge in [-0.2, -0.15) is 13.2 Å². The highest BCUT2D eigenvalue weighted by Crippen LogP contribution is 2.35. The number of fused-ring (bicyclic) bond motifs is 1. The van der Waals surface area contributed by atoms with Crippen LogP contribution in [0.1, 0.15) is 35.5 Å². The van der Waals surface area contributed by atoms with Gasteiger partial charge in [-0.3, -0.25) is 9.36 Å². The third-order valence-electron chi connectivity index (χ3n) is 6.51. The highest BCUT2D eigenvalue weighted by molar-refractivity contribution is 5.90. The molecule has 4 aromatic rings. The Morgan fingerprint density at radius 3 is 2.46 bits per heavy atom. The number of amides is 2. The molecule has 39 heavy (non-hydrogen) atoms. The van der Waals surface area contributed by atoms with Gasteiger partial charge in [-0.25, -0.2) is 9.78 Å². The number of alkyl halides is 3. The third-order valence-corrected chi connectivity index (χ3v) is 6.51. The lowest BCUT2D eigenvalue weighted by Gasteiger charge is -2.31. The molecular formula is C29H29F3N4O3. The number of urea groups is 1. The minimum atomic E-state index is -4.66. The van der Waals surface area contributed by atoms with Gasteiger partial charge in [0.15, 0.2) is 0 Å². The summed E-state index contributed by atoms with van der Waals surface area (Å²) < 4.78 is 47.4. The van der Waals surface area contributed by atoms with E-state index in [0.717, 1.165) is 17.2 Å². The minimum Gasteiger partial charge on any atom is -0.383 e. The lowest BCUT2D eigenvalue weighted by atomic mass is 10.1. The number of nitrogens with one attached hydrogen (secondary N) is 1. The zero-order valence-electron chi connectivity index (χ0n) is 22.0. The fourth-order valence-electron chi connectivity index (χ4n) is 4.55. The van der Waals surface area contributed by atoms with Crippen LogP contribution in [0.4, 0.5) is 23.7 Å². The molecule has 0 bridgehead atoms. The molecule has 1 aromatic heterocycles. The molecule has 0 fully saturated rings. The lowest BCUT2D eigenvalue weighted by Crippen LogP contribution is -2.42. The standard InChI is InChI=1S/C29H29F3N4O3/c1-18-13-14-25(19(2)17-18)36-26(33-23-11-7-5-9-21(23)27(36)37)20(3)35(15-16-39-4)28(38)34-24-12-8-6-10-22(24)29(30,31)32/h5-14,17,20H,15-16H2,1-4H3,(H,34,38). The van der Waals surface area contributed by atoms with Gasteiger partial charge in [0.2, 0.25) is 0 Å². The number of nitrogens with zero attached hydrogens (tertiary/aromatic N) is 3. The fourth-order valence-corrected chi connectivity index (χ4v) is 4.55. The first-order chi connectivity index (χ1) is 18.5. The van der Waals surface area contributed by atoms with Crippen LogP contribution in [0.5, 0.6) is 0 Å². The molecule has 4 rings (SSSR count). The summed E-state index contributed by atoms with van der Waals surface area (Å²) in [5.41, 5.74) is 1.23. The number of anilines is 1. The third kappa shape index (κ3) is 5.80. The molecule has 0 spiro atoms. The van der Waals surface area contributed by atoms with Crippen LogP contribution in [0, 0.1) is 13.8 Å². The molecule has 2 amide bonds. The summed E-state index contributed by atoms with van der Waals surface area (Å²) >= 11 is 0. The van der Waals surface area contributed by atoms with Crippen LogP contribution in [-0.4, -0.2) is 40.7 Å². The van der Waals surface area contributed by atoms with Crippen molar-refractivity contribution in [1.82, 2.24) is 14.5 Å². The van der Waals surface area contributed by atoms with Crippen molar-refractivity contribution in [2.45, 2.75) is 33.0 Å². The topological polar surface area (TPSA) is 76.5 Å². The van der Waals surface area contributed by atoms with Crippen molar-refractivity contribution in [3.05, 3.63) is 99.6 Å². The summed E-state index contributed by atoms with van der Waals surface area (Å²) in [6, 6.07) is 15.7. The molecular weight excluding hydrogens is 509 g/mol. The van der Waals surface area contributed by atoms with E-state index in [9.17, 15) is 22.8 Å². The second-order valence-electron chi connectivity index (χ2n) is 9.25. The number of rotatable bonds is 7. The number of carbonyl (C=O) groups is 1. The molecule has 0 saturated heterocycles. The summed E-state index contributed by atoms with van der Waals surface area (Å²) in [6.07, 6.45) is -4.66. The van der Waals surface area contributed by atoms with E-state index in [0.29, 0.717) is 16.6 Å². The zero-order chi connectivity index (χ0) is 28.3. The molecule has 0 aliphatic heterocycles. The average molecular weight is 539 g/mol. The van der Waals surface area contributed by atoms with Gasteiger partial charge in [-0.15, -0.1) is 0 Å². The van der Waals surface area contributed by atoms with Crippen LogP contribution in [0.2, 0.25) is 0 Å². The second-order valence-corrected chi connectivity index (χ2v) is 9.25. The highest BCUT2D eigenvalue weighted by atomic mass is 19.4. The maximum atomic E-state index is 13.8. The van der Waals surface area contributed by atoms with Gasteiger partial charge in [0.25, 0.3) is 5.56 Å². The maximum Gasteiger partial charge on any atom is 0.418 e.